The van der Waals surface area contributed by atoms with Gasteiger partial charge in [0.25, 0.3) is 11.6 Å². The summed E-state index contributed by atoms with van der Waals surface area (Å²) in [5.41, 5.74) is 1.27. The van der Waals surface area contributed by atoms with E-state index in [9.17, 15) is 14.9 Å². The van der Waals surface area contributed by atoms with Gasteiger partial charge in [-0.25, -0.2) is 0 Å². The molecule has 0 aliphatic heterocycles. The fraction of sp³-hybridized carbons (Fsp3) is 0.188. The van der Waals surface area contributed by atoms with Gasteiger partial charge in [-0.05, 0) is 36.2 Å². The third-order valence-electron chi connectivity index (χ3n) is 3.10. The molecule has 0 bridgehead atoms. The highest BCUT2D eigenvalue weighted by Gasteiger charge is 2.10. The Bertz CT molecular complexity index is 734. The van der Waals surface area contributed by atoms with Crippen LogP contribution in [0.4, 0.5) is 11.4 Å². The molecule has 0 spiro atoms. The van der Waals surface area contributed by atoms with Crippen molar-refractivity contribution in [1.29, 1.82) is 0 Å². The van der Waals surface area contributed by atoms with Crippen molar-refractivity contribution in [3.63, 3.8) is 0 Å². The molecular weight excluding hydrogens is 364 g/mol. The Morgan fingerprint density at radius 2 is 2.09 bits per heavy atom. The number of ether oxygens (including phenoxy) is 1. The largest absolute Gasteiger partial charge is 0.483 e. The predicted molar refractivity (Wildman–Crippen MR) is 90.7 cm³/mol. The number of rotatable bonds is 6. The second-order valence-electron chi connectivity index (χ2n) is 4.75. The second-order valence-corrected chi connectivity index (χ2v) is 5.67. The van der Waals surface area contributed by atoms with E-state index >= 15 is 0 Å². The molecule has 6 nitrogen and oxygen atoms in total. The number of carbonyl (C=O) groups excluding carboxylic acids is 1. The molecule has 0 heterocycles. The third-order valence-corrected chi connectivity index (χ3v) is 3.60. The number of non-ortho nitro benzene ring substituents is 1. The summed E-state index contributed by atoms with van der Waals surface area (Å²) in [4.78, 5) is 22.1. The number of nitro groups is 1. The van der Waals surface area contributed by atoms with Crippen LogP contribution in [0.1, 0.15) is 12.5 Å². The van der Waals surface area contributed by atoms with Crippen LogP contribution in [0.3, 0.4) is 0 Å². The van der Waals surface area contributed by atoms with Crippen LogP contribution in [0.15, 0.2) is 46.9 Å². The maximum absolute atomic E-state index is 11.9. The summed E-state index contributed by atoms with van der Waals surface area (Å²) in [6, 6.07) is 11.3. The number of benzene rings is 2. The molecule has 0 unspecified atom stereocenters. The average molecular weight is 379 g/mol. The van der Waals surface area contributed by atoms with Gasteiger partial charge in [0.05, 0.1) is 4.92 Å². The van der Waals surface area contributed by atoms with Crippen molar-refractivity contribution in [2.24, 2.45) is 0 Å². The SMILES string of the molecule is CCc1cc(Br)ccc1OCC(=O)Nc1cccc([N+](=O)[O-])c1. The molecule has 0 aliphatic rings. The van der Waals surface area contributed by atoms with E-state index in [0.717, 1.165) is 16.5 Å². The first-order valence-corrected chi connectivity index (χ1v) is 7.74. The lowest BCUT2D eigenvalue weighted by Gasteiger charge is -2.11. The number of carbonyl (C=O) groups is 1. The van der Waals surface area contributed by atoms with Crippen molar-refractivity contribution in [2.75, 3.05) is 11.9 Å². The zero-order valence-electron chi connectivity index (χ0n) is 12.4. The molecule has 2 aromatic carbocycles. The molecule has 1 amide bonds. The summed E-state index contributed by atoms with van der Waals surface area (Å²) in [5, 5.41) is 13.3. The highest BCUT2D eigenvalue weighted by atomic mass is 79.9. The van der Waals surface area contributed by atoms with E-state index in [1.54, 1.807) is 12.1 Å². The Morgan fingerprint density at radius 1 is 1.30 bits per heavy atom. The third kappa shape index (κ3) is 4.79. The number of hydrogen-bond donors (Lipinski definition) is 1. The maximum Gasteiger partial charge on any atom is 0.271 e. The van der Waals surface area contributed by atoms with E-state index < -0.39 is 4.92 Å². The van der Waals surface area contributed by atoms with E-state index in [2.05, 4.69) is 21.2 Å². The number of halogens is 1. The van der Waals surface area contributed by atoms with Crippen LogP contribution in [0.25, 0.3) is 0 Å². The first-order valence-electron chi connectivity index (χ1n) is 6.95. The van der Waals surface area contributed by atoms with Crippen molar-refractivity contribution in [1.82, 2.24) is 0 Å². The summed E-state index contributed by atoms with van der Waals surface area (Å²) < 4.78 is 6.47. The highest BCUT2D eigenvalue weighted by Crippen LogP contribution is 2.24. The normalized spacial score (nSPS) is 10.2. The molecule has 120 valence electrons. The highest BCUT2D eigenvalue weighted by molar-refractivity contribution is 9.10. The number of nitrogens with one attached hydrogen (secondary N) is 1. The van der Waals surface area contributed by atoms with Crippen molar-refractivity contribution in [3.05, 3.63) is 62.6 Å². The molecule has 0 saturated carbocycles. The molecule has 0 aromatic heterocycles. The van der Waals surface area contributed by atoms with Gasteiger partial charge >= 0.3 is 0 Å². The lowest BCUT2D eigenvalue weighted by Crippen LogP contribution is -2.20. The quantitative estimate of drug-likeness (QED) is 0.609. The molecule has 23 heavy (non-hydrogen) atoms. The maximum atomic E-state index is 11.9. The Labute approximate surface area is 141 Å². The van der Waals surface area contributed by atoms with E-state index in [1.165, 1.54) is 18.2 Å². The molecule has 0 saturated heterocycles. The minimum absolute atomic E-state index is 0.0788. The van der Waals surface area contributed by atoms with Gasteiger partial charge in [-0.3, -0.25) is 14.9 Å². The van der Waals surface area contributed by atoms with E-state index in [4.69, 9.17) is 4.74 Å². The Morgan fingerprint density at radius 3 is 2.78 bits per heavy atom. The number of aryl methyl sites for hydroxylation is 1. The van der Waals surface area contributed by atoms with Gasteiger partial charge in [0.1, 0.15) is 5.75 Å². The van der Waals surface area contributed by atoms with E-state index in [0.29, 0.717) is 11.4 Å². The van der Waals surface area contributed by atoms with Crippen molar-refractivity contribution < 1.29 is 14.5 Å². The molecule has 0 fully saturated rings. The Balaban J connectivity index is 1.98. The number of nitro benzene ring substituents is 1. The van der Waals surface area contributed by atoms with Crippen molar-refractivity contribution in [3.8, 4) is 5.75 Å². The number of amides is 1. The first-order chi connectivity index (χ1) is 11.0. The topological polar surface area (TPSA) is 81.5 Å². The zero-order valence-corrected chi connectivity index (χ0v) is 14.0. The standard InChI is InChI=1S/C16H15BrN2O4/c1-2-11-8-12(17)6-7-15(11)23-10-16(20)18-13-4-3-5-14(9-13)19(21)22/h3-9H,2,10H2,1H3,(H,18,20). The summed E-state index contributed by atoms with van der Waals surface area (Å²) in [6.45, 7) is 1.83. The van der Waals surface area contributed by atoms with Crippen LogP contribution >= 0.6 is 15.9 Å². The summed E-state index contributed by atoms with van der Waals surface area (Å²) >= 11 is 3.39. The average Bonchev–Trinajstić information content (AvgIpc) is 2.53. The molecule has 2 aromatic rings. The van der Waals surface area contributed by atoms with Gasteiger partial charge in [0.15, 0.2) is 6.61 Å². The van der Waals surface area contributed by atoms with Crippen LogP contribution in [-0.2, 0) is 11.2 Å². The van der Waals surface area contributed by atoms with Gasteiger partial charge < -0.3 is 10.1 Å². The van der Waals surface area contributed by atoms with E-state index in [1.807, 2.05) is 19.1 Å². The lowest BCUT2D eigenvalue weighted by atomic mass is 10.1. The molecule has 7 heteroatoms. The molecular formula is C16H15BrN2O4. The zero-order chi connectivity index (χ0) is 16.8. The monoisotopic (exact) mass is 378 g/mol. The fourth-order valence-electron chi connectivity index (χ4n) is 2.00. The smallest absolute Gasteiger partial charge is 0.271 e. The van der Waals surface area contributed by atoms with Crippen molar-refractivity contribution >= 4 is 33.2 Å². The van der Waals surface area contributed by atoms with Crippen LogP contribution in [0.2, 0.25) is 0 Å². The van der Waals surface area contributed by atoms with Gasteiger partial charge in [-0.2, -0.15) is 0 Å². The molecule has 0 radical (unpaired) electrons. The van der Waals surface area contributed by atoms with Crippen LogP contribution in [-0.4, -0.2) is 17.4 Å². The van der Waals surface area contributed by atoms with Crippen LogP contribution in [0, 0.1) is 10.1 Å². The lowest BCUT2D eigenvalue weighted by molar-refractivity contribution is -0.384. The number of nitrogens with zero attached hydrogens (tertiary/aromatic N) is 1. The molecule has 2 rings (SSSR count). The van der Waals surface area contributed by atoms with Gasteiger partial charge in [-0.1, -0.05) is 28.9 Å². The Kier molecular flexibility index (Phi) is 5.70. The van der Waals surface area contributed by atoms with Crippen LogP contribution in [0.5, 0.6) is 5.75 Å². The second kappa shape index (κ2) is 7.73. The van der Waals surface area contributed by atoms with Gasteiger partial charge in [0.2, 0.25) is 0 Å². The molecule has 1 N–H and O–H groups in total. The predicted octanol–water partition coefficient (Wildman–Crippen LogP) is 3.94. The fourth-order valence-corrected chi connectivity index (χ4v) is 2.41. The Hall–Kier alpha value is -2.41. The first kappa shape index (κ1) is 17.0. The molecule has 0 aliphatic carbocycles. The summed E-state index contributed by atoms with van der Waals surface area (Å²) in [7, 11) is 0. The van der Waals surface area contributed by atoms with Gasteiger partial charge in [0, 0.05) is 22.3 Å². The van der Waals surface area contributed by atoms with E-state index in [-0.39, 0.29) is 18.2 Å². The van der Waals surface area contributed by atoms with Gasteiger partial charge in [-0.15, -0.1) is 0 Å². The summed E-state index contributed by atoms with van der Waals surface area (Å²) in [6.07, 6.45) is 0.779. The minimum atomic E-state index is -0.512. The van der Waals surface area contributed by atoms with Crippen molar-refractivity contribution in [2.45, 2.75) is 13.3 Å². The number of hydrogen-bond acceptors (Lipinski definition) is 4. The number of anilines is 1. The minimum Gasteiger partial charge on any atom is -0.483 e. The summed E-state index contributed by atoms with van der Waals surface area (Å²) in [5.74, 6) is 0.264. The van der Waals surface area contributed by atoms with Crippen LogP contribution < -0.4 is 10.1 Å². The molecule has 0 atom stereocenters.